The second-order valence-corrected chi connectivity index (χ2v) is 5.05. The number of ether oxygens (including phenoxy) is 2. The fraction of sp³-hybridized carbons (Fsp3) is 0.125. The number of benzene rings is 2. The Hall–Kier alpha value is -2.93. The molecular weight excluding hydrogens is 336 g/mol. The highest BCUT2D eigenvalue weighted by atomic mass is 35.5. The zero-order chi connectivity index (χ0) is 17.7. The molecule has 8 heteroatoms. The van der Waals surface area contributed by atoms with Gasteiger partial charge in [-0.2, -0.15) is 0 Å². The van der Waals surface area contributed by atoms with Crippen LogP contribution in [-0.4, -0.2) is 31.1 Å². The minimum atomic E-state index is -0.897. The van der Waals surface area contributed by atoms with Crippen LogP contribution in [-0.2, 0) is 9.59 Å². The molecule has 0 heterocycles. The summed E-state index contributed by atoms with van der Waals surface area (Å²) in [5, 5.41) is 14.3. The fourth-order valence-corrected chi connectivity index (χ4v) is 2.10. The first-order valence-corrected chi connectivity index (χ1v) is 7.15. The number of hydrogen-bond acceptors (Lipinski definition) is 5. The van der Waals surface area contributed by atoms with Gasteiger partial charge in [-0.25, -0.2) is 0 Å². The predicted molar refractivity (Wildman–Crippen MR) is 89.9 cm³/mol. The van der Waals surface area contributed by atoms with Crippen LogP contribution in [0.25, 0.3) is 0 Å². The maximum absolute atomic E-state index is 12.0. The van der Waals surface area contributed by atoms with Gasteiger partial charge < -0.3 is 25.2 Å². The summed E-state index contributed by atoms with van der Waals surface area (Å²) in [5.74, 6) is -1.11. The van der Waals surface area contributed by atoms with Gasteiger partial charge >= 0.3 is 11.8 Å². The molecule has 126 valence electrons. The first-order valence-electron chi connectivity index (χ1n) is 6.77. The average Bonchev–Trinajstić information content (AvgIpc) is 2.57. The van der Waals surface area contributed by atoms with Gasteiger partial charge in [0.15, 0.2) is 0 Å². The van der Waals surface area contributed by atoms with Gasteiger partial charge in [0.1, 0.15) is 17.2 Å². The van der Waals surface area contributed by atoms with Crippen LogP contribution >= 0.6 is 11.6 Å². The number of carbonyl (C=O) groups is 2. The Morgan fingerprint density at radius 3 is 2.12 bits per heavy atom. The monoisotopic (exact) mass is 350 g/mol. The number of carbonyl (C=O) groups excluding carboxylic acids is 2. The summed E-state index contributed by atoms with van der Waals surface area (Å²) in [6, 6.07) is 8.63. The smallest absolute Gasteiger partial charge is 0.314 e. The lowest BCUT2D eigenvalue weighted by molar-refractivity contribution is -0.133. The Morgan fingerprint density at radius 2 is 1.54 bits per heavy atom. The molecule has 0 unspecified atom stereocenters. The number of phenolic OH excluding ortho intramolecular Hbond substituents is 1. The molecule has 2 aromatic rings. The Bertz CT molecular complexity index is 762. The van der Waals surface area contributed by atoms with E-state index in [0.717, 1.165) is 0 Å². The van der Waals surface area contributed by atoms with Gasteiger partial charge in [0.25, 0.3) is 0 Å². The predicted octanol–water partition coefficient (Wildman–Crippen LogP) is 2.64. The third kappa shape index (κ3) is 4.08. The number of amides is 2. The lowest BCUT2D eigenvalue weighted by Crippen LogP contribution is -2.29. The summed E-state index contributed by atoms with van der Waals surface area (Å²) >= 11 is 5.98. The molecule has 7 nitrogen and oxygen atoms in total. The number of phenols is 1. The van der Waals surface area contributed by atoms with Crippen molar-refractivity contribution in [1.29, 1.82) is 0 Å². The van der Waals surface area contributed by atoms with Gasteiger partial charge in [-0.3, -0.25) is 9.59 Å². The van der Waals surface area contributed by atoms with E-state index in [-0.39, 0.29) is 17.2 Å². The molecule has 0 saturated carbocycles. The zero-order valence-corrected chi connectivity index (χ0v) is 13.7. The molecule has 0 spiro atoms. The van der Waals surface area contributed by atoms with E-state index in [2.05, 4.69) is 10.6 Å². The molecule has 0 aliphatic heterocycles. The zero-order valence-electron chi connectivity index (χ0n) is 12.9. The molecule has 3 N–H and O–H groups in total. The van der Waals surface area contributed by atoms with Crippen LogP contribution in [0, 0.1) is 0 Å². The third-order valence-corrected chi connectivity index (χ3v) is 3.35. The number of anilines is 2. The average molecular weight is 351 g/mol. The molecule has 0 aliphatic carbocycles. The van der Waals surface area contributed by atoms with Crippen LogP contribution in [0.5, 0.6) is 17.2 Å². The van der Waals surface area contributed by atoms with Crippen molar-refractivity contribution in [2.24, 2.45) is 0 Å². The quantitative estimate of drug-likeness (QED) is 0.582. The fourth-order valence-electron chi connectivity index (χ4n) is 1.87. The topological polar surface area (TPSA) is 96.9 Å². The van der Waals surface area contributed by atoms with Crippen LogP contribution in [0.2, 0.25) is 5.02 Å². The molecule has 2 amide bonds. The SMILES string of the molecule is COc1cc(NC(=O)C(=O)Nc2ccc(O)cc2)c(OC)cc1Cl. The van der Waals surface area contributed by atoms with E-state index in [9.17, 15) is 14.7 Å². The van der Waals surface area contributed by atoms with Crippen molar-refractivity contribution in [3.05, 3.63) is 41.4 Å². The lowest BCUT2D eigenvalue weighted by Gasteiger charge is -2.13. The number of hydrogen-bond donors (Lipinski definition) is 3. The molecular formula is C16H15ClN2O5. The van der Waals surface area contributed by atoms with Crippen LogP contribution in [0.1, 0.15) is 0 Å². The summed E-state index contributed by atoms with van der Waals surface area (Å²) < 4.78 is 10.2. The van der Waals surface area contributed by atoms with Crippen molar-refractivity contribution in [2.45, 2.75) is 0 Å². The Labute approximate surface area is 143 Å². The van der Waals surface area contributed by atoms with Crippen LogP contribution in [0.15, 0.2) is 36.4 Å². The van der Waals surface area contributed by atoms with E-state index in [1.54, 1.807) is 0 Å². The van der Waals surface area contributed by atoms with Crippen molar-refractivity contribution in [1.82, 2.24) is 0 Å². The third-order valence-electron chi connectivity index (χ3n) is 3.05. The van der Waals surface area contributed by atoms with E-state index >= 15 is 0 Å². The number of aromatic hydroxyl groups is 1. The van der Waals surface area contributed by atoms with E-state index < -0.39 is 11.8 Å². The summed E-state index contributed by atoms with van der Waals surface area (Å²) in [5.41, 5.74) is 0.609. The van der Waals surface area contributed by atoms with Crippen molar-refractivity contribution in [2.75, 3.05) is 24.9 Å². The summed E-state index contributed by atoms with van der Waals surface area (Å²) in [6.45, 7) is 0. The van der Waals surface area contributed by atoms with Crippen LogP contribution in [0.4, 0.5) is 11.4 Å². The van der Waals surface area contributed by atoms with Gasteiger partial charge in [0, 0.05) is 17.8 Å². The highest BCUT2D eigenvalue weighted by Gasteiger charge is 2.18. The summed E-state index contributed by atoms with van der Waals surface area (Å²) in [7, 11) is 2.83. The summed E-state index contributed by atoms with van der Waals surface area (Å²) in [4.78, 5) is 24.0. The Kier molecular flexibility index (Phi) is 5.49. The van der Waals surface area contributed by atoms with Crippen molar-refractivity contribution < 1.29 is 24.2 Å². The highest BCUT2D eigenvalue weighted by molar-refractivity contribution is 6.44. The Balaban J connectivity index is 2.13. The molecule has 0 bridgehead atoms. The minimum Gasteiger partial charge on any atom is -0.508 e. The Morgan fingerprint density at radius 1 is 0.958 bits per heavy atom. The van der Waals surface area contributed by atoms with E-state index in [1.165, 1.54) is 50.6 Å². The van der Waals surface area contributed by atoms with E-state index in [1.807, 2.05) is 0 Å². The second-order valence-electron chi connectivity index (χ2n) is 4.64. The molecule has 2 aromatic carbocycles. The largest absolute Gasteiger partial charge is 0.508 e. The van der Waals surface area contributed by atoms with Crippen LogP contribution in [0.3, 0.4) is 0 Å². The first kappa shape index (κ1) is 17.4. The van der Waals surface area contributed by atoms with Gasteiger partial charge in [-0.15, -0.1) is 0 Å². The van der Waals surface area contributed by atoms with Gasteiger partial charge in [-0.05, 0) is 24.3 Å². The molecule has 2 rings (SSSR count). The number of halogens is 1. The molecule has 0 aromatic heterocycles. The molecule has 0 radical (unpaired) electrons. The van der Waals surface area contributed by atoms with Crippen molar-refractivity contribution >= 4 is 34.8 Å². The number of rotatable bonds is 4. The van der Waals surface area contributed by atoms with Gasteiger partial charge in [0.05, 0.1) is 24.9 Å². The second kappa shape index (κ2) is 7.56. The first-order chi connectivity index (χ1) is 11.4. The number of nitrogens with one attached hydrogen (secondary N) is 2. The molecule has 0 fully saturated rings. The normalized spacial score (nSPS) is 9.96. The maximum Gasteiger partial charge on any atom is 0.314 e. The molecule has 0 atom stereocenters. The highest BCUT2D eigenvalue weighted by Crippen LogP contribution is 2.35. The molecule has 24 heavy (non-hydrogen) atoms. The summed E-state index contributed by atoms with van der Waals surface area (Å²) in [6.07, 6.45) is 0. The van der Waals surface area contributed by atoms with Crippen molar-refractivity contribution in [3.63, 3.8) is 0 Å². The maximum atomic E-state index is 12.0. The van der Waals surface area contributed by atoms with Crippen molar-refractivity contribution in [3.8, 4) is 17.2 Å². The van der Waals surface area contributed by atoms with E-state index in [4.69, 9.17) is 21.1 Å². The lowest BCUT2D eigenvalue weighted by atomic mass is 10.2. The molecule has 0 saturated heterocycles. The molecule has 0 aliphatic rings. The van der Waals surface area contributed by atoms with E-state index in [0.29, 0.717) is 16.5 Å². The van der Waals surface area contributed by atoms with Gasteiger partial charge in [-0.1, -0.05) is 11.6 Å². The standard InChI is InChI=1S/C16H15ClN2O5/c1-23-13-8-12(14(24-2)7-11(13)17)19-16(22)15(21)18-9-3-5-10(20)6-4-9/h3-8,20H,1-2H3,(H,18,21)(H,19,22). The van der Waals surface area contributed by atoms with Gasteiger partial charge in [0.2, 0.25) is 0 Å². The minimum absolute atomic E-state index is 0.0513. The number of methoxy groups -OCH3 is 2. The van der Waals surface area contributed by atoms with Crippen LogP contribution < -0.4 is 20.1 Å².